The molecule has 0 atom stereocenters. The molecule has 202 valence electrons. The van der Waals surface area contributed by atoms with E-state index in [0.29, 0.717) is 39.6 Å². The quantitative estimate of drug-likeness (QED) is 0.270. The Bertz CT molecular complexity index is 1430. The molecule has 4 rings (SSSR count). The van der Waals surface area contributed by atoms with Gasteiger partial charge in [0.15, 0.2) is 11.5 Å². The van der Waals surface area contributed by atoms with Crippen molar-refractivity contribution in [3.8, 4) is 17.2 Å². The Morgan fingerprint density at radius 3 is 2.54 bits per heavy atom. The molecular weight excluding hydrogens is 591 g/mol. The SMILES string of the molecule is CCOc1cc(/C=C2\SC(=O)N(CC(=O)Nc3ccccc3OC)C2=O)cc(Br)c1OCc1ccc(F)cc1. The number of para-hydroxylation sites is 2. The van der Waals surface area contributed by atoms with Crippen LogP contribution in [0.2, 0.25) is 0 Å². The molecule has 3 aromatic rings. The predicted octanol–water partition coefficient (Wildman–Crippen LogP) is 6.25. The Morgan fingerprint density at radius 2 is 1.82 bits per heavy atom. The lowest BCUT2D eigenvalue weighted by Crippen LogP contribution is -2.36. The molecule has 0 unspecified atom stereocenters. The van der Waals surface area contributed by atoms with Crippen molar-refractivity contribution >= 4 is 56.5 Å². The van der Waals surface area contributed by atoms with Crippen molar-refractivity contribution in [1.29, 1.82) is 0 Å². The summed E-state index contributed by atoms with van der Waals surface area (Å²) >= 11 is 4.24. The Labute approximate surface area is 237 Å². The molecule has 0 aromatic heterocycles. The fraction of sp³-hybridized carbons (Fsp3) is 0.179. The van der Waals surface area contributed by atoms with Gasteiger partial charge in [0.1, 0.15) is 24.7 Å². The number of anilines is 1. The number of imide groups is 1. The van der Waals surface area contributed by atoms with E-state index in [1.165, 1.54) is 19.2 Å². The van der Waals surface area contributed by atoms with Gasteiger partial charge in [0.05, 0.1) is 28.8 Å². The summed E-state index contributed by atoms with van der Waals surface area (Å²) in [5.41, 5.74) is 1.80. The van der Waals surface area contributed by atoms with E-state index in [1.54, 1.807) is 54.6 Å². The standard InChI is InChI=1S/C28H24BrFN2O6S/c1-3-37-23-13-18(12-20(29)26(23)38-16-17-8-10-19(30)11-9-17)14-24-27(34)32(28(35)39-24)15-25(33)31-21-6-4-5-7-22(21)36-2/h4-14H,3,15-16H2,1-2H3,(H,31,33)/b24-14-. The van der Waals surface area contributed by atoms with Gasteiger partial charge in [-0.25, -0.2) is 4.39 Å². The first-order chi connectivity index (χ1) is 18.8. The summed E-state index contributed by atoms with van der Waals surface area (Å²) in [5.74, 6) is -0.116. The van der Waals surface area contributed by atoms with Gasteiger partial charge in [0.2, 0.25) is 5.91 Å². The van der Waals surface area contributed by atoms with Crippen LogP contribution in [0.25, 0.3) is 6.08 Å². The van der Waals surface area contributed by atoms with Crippen LogP contribution in [0.4, 0.5) is 14.9 Å². The highest BCUT2D eigenvalue weighted by Gasteiger charge is 2.36. The molecule has 0 bridgehead atoms. The molecule has 1 heterocycles. The third kappa shape index (κ3) is 6.98. The van der Waals surface area contributed by atoms with Gasteiger partial charge in [-0.2, -0.15) is 0 Å². The number of hydrogen-bond donors (Lipinski definition) is 1. The number of methoxy groups -OCH3 is 1. The van der Waals surface area contributed by atoms with E-state index in [0.717, 1.165) is 22.2 Å². The third-order valence-electron chi connectivity index (χ3n) is 5.48. The fourth-order valence-electron chi connectivity index (χ4n) is 3.68. The van der Waals surface area contributed by atoms with Crippen molar-refractivity contribution in [3.05, 3.63) is 87.0 Å². The summed E-state index contributed by atoms with van der Waals surface area (Å²) < 4.78 is 30.7. The van der Waals surface area contributed by atoms with Gasteiger partial charge in [0.25, 0.3) is 11.1 Å². The largest absolute Gasteiger partial charge is 0.495 e. The maximum atomic E-state index is 13.2. The van der Waals surface area contributed by atoms with Gasteiger partial charge in [0, 0.05) is 0 Å². The molecule has 0 saturated carbocycles. The molecular formula is C28H24BrFN2O6S. The number of carbonyl (C=O) groups excluding carboxylic acids is 3. The number of rotatable bonds is 10. The Balaban J connectivity index is 1.49. The molecule has 1 aliphatic rings. The number of amides is 3. The zero-order valence-corrected chi connectivity index (χ0v) is 23.4. The van der Waals surface area contributed by atoms with E-state index in [2.05, 4.69) is 21.2 Å². The number of nitrogens with one attached hydrogen (secondary N) is 1. The van der Waals surface area contributed by atoms with Gasteiger partial charge in [-0.3, -0.25) is 19.3 Å². The van der Waals surface area contributed by atoms with Crippen LogP contribution in [0.3, 0.4) is 0 Å². The second-order valence-corrected chi connectivity index (χ2v) is 10.0. The van der Waals surface area contributed by atoms with Crippen LogP contribution in [0, 0.1) is 5.82 Å². The molecule has 1 N–H and O–H groups in total. The van der Waals surface area contributed by atoms with E-state index in [9.17, 15) is 18.8 Å². The number of hydrogen-bond acceptors (Lipinski definition) is 7. The van der Waals surface area contributed by atoms with E-state index >= 15 is 0 Å². The first kappa shape index (κ1) is 28.2. The summed E-state index contributed by atoms with van der Waals surface area (Å²) in [6.45, 7) is 1.94. The molecule has 3 amide bonds. The molecule has 39 heavy (non-hydrogen) atoms. The summed E-state index contributed by atoms with van der Waals surface area (Å²) in [7, 11) is 1.48. The predicted molar refractivity (Wildman–Crippen MR) is 150 cm³/mol. The minimum Gasteiger partial charge on any atom is -0.495 e. The monoisotopic (exact) mass is 614 g/mol. The minimum atomic E-state index is -0.578. The Morgan fingerprint density at radius 1 is 1.08 bits per heavy atom. The van der Waals surface area contributed by atoms with Gasteiger partial charge in [-0.1, -0.05) is 24.3 Å². The normalized spacial score (nSPS) is 14.1. The van der Waals surface area contributed by atoms with Gasteiger partial charge in [-0.15, -0.1) is 0 Å². The maximum Gasteiger partial charge on any atom is 0.294 e. The average molecular weight is 615 g/mol. The molecule has 0 aliphatic carbocycles. The smallest absolute Gasteiger partial charge is 0.294 e. The molecule has 8 nitrogen and oxygen atoms in total. The zero-order valence-electron chi connectivity index (χ0n) is 21.0. The van der Waals surface area contributed by atoms with Crippen LogP contribution >= 0.6 is 27.7 Å². The van der Waals surface area contributed by atoms with Gasteiger partial charge in [-0.05, 0) is 88.2 Å². The molecule has 11 heteroatoms. The summed E-state index contributed by atoms with van der Waals surface area (Å²) in [5, 5.41) is 2.11. The van der Waals surface area contributed by atoms with Crippen molar-refractivity contribution in [2.24, 2.45) is 0 Å². The van der Waals surface area contributed by atoms with Crippen molar-refractivity contribution in [1.82, 2.24) is 4.90 Å². The third-order valence-corrected chi connectivity index (χ3v) is 6.98. The van der Waals surface area contributed by atoms with Crippen molar-refractivity contribution in [2.45, 2.75) is 13.5 Å². The van der Waals surface area contributed by atoms with Gasteiger partial charge >= 0.3 is 0 Å². The Hall–Kier alpha value is -3.83. The number of ether oxygens (including phenoxy) is 3. The first-order valence-corrected chi connectivity index (χ1v) is 13.4. The number of thioether (sulfide) groups is 1. The highest BCUT2D eigenvalue weighted by atomic mass is 79.9. The summed E-state index contributed by atoms with van der Waals surface area (Å²) in [6, 6.07) is 16.2. The fourth-order valence-corrected chi connectivity index (χ4v) is 5.09. The average Bonchev–Trinajstić information content (AvgIpc) is 3.16. The van der Waals surface area contributed by atoms with E-state index in [1.807, 2.05) is 6.92 Å². The molecule has 1 saturated heterocycles. The topological polar surface area (TPSA) is 94.2 Å². The van der Waals surface area contributed by atoms with Crippen molar-refractivity contribution < 1.29 is 33.0 Å². The summed E-state index contributed by atoms with van der Waals surface area (Å²) in [6.07, 6.45) is 1.56. The Kier molecular flexibility index (Phi) is 9.26. The number of benzene rings is 3. The van der Waals surface area contributed by atoms with Crippen molar-refractivity contribution in [2.75, 3.05) is 25.6 Å². The second-order valence-electron chi connectivity index (χ2n) is 8.19. The van der Waals surface area contributed by atoms with Crippen molar-refractivity contribution in [3.63, 3.8) is 0 Å². The van der Waals surface area contributed by atoms with E-state index in [4.69, 9.17) is 14.2 Å². The molecule has 0 spiro atoms. The maximum absolute atomic E-state index is 13.2. The van der Waals surface area contributed by atoms with E-state index < -0.39 is 23.6 Å². The molecule has 3 aromatic carbocycles. The second kappa shape index (κ2) is 12.8. The highest BCUT2D eigenvalue weighted by Crippen LogP contribution is 2.40. The first-order valence-electron chi connectivity index (χ1n) is 11.8. The van der Waals surface area contributed by atoms with Crippen LogP contribution in [-0.4, -0.2) is 42.2 Å². The molecule has 0 radical (unpaired) electrons. The molecule has 1 fully saturated rings. The number of halogens is 2. The lowest BCUT2D eigenvalue weighted by atomic mass is 10.1. The number of carbonyl (C=O) groups is 3. The lowest BCUT2D eigenvalue weighted by molar-refractivity contribution is -0.127. The van der Waals surface area contributed by atoms with Crippen LogP contribution in [-0.2, 0) is 16.2 Å². The van der Waals surface area contributed by atoms with Crippen LogP contribution in [0.1, 0.15) is 18.1 Å². The van der Waals surface area contributed by atoms with Crippen LogP contribution in [0.15, 0.2) is 70.0 Å². The number of nitrogens with zero attached hydrogens (tertiary/aromatic N) is 1. The van der Waals surface area contributed by atoms with Crippen LogP contribution in [0.5, 0.6) is 17.2 Å². The van der Waals surface area contributed by atoms with Crippen LogP contribution < -0.4 is 19.5 Å². The van der Waals surface area contributed by atoms with Gasteiger partial charge < -0.3 is 19.5 Å². The molecule has 1 aliphatic heterocycles. The summed E-state index contributed by atoms with van der Waals surface area (Å²) in [4.78, 5) is 39.2. The highest BCUT2D eigenvalue weighted by molar-refractivity contribution is 9.10. The lowest BCUT2D eigenvalue weighted by Gasteiger charge is -2.15. The van der Waals surface area contributed by atoms with E-state index in [-0.39, 0.29) is 17.3 Å². The zero-order chi connectivity index (χ0) is 27.9. The minimum absolute atomic E-state index is 0.166.